The van der Waals surface area contributed by atoms with Gasteiger partial charge in [0.25, 0.3) is 5.91 Å². The number of nitrogens with zero attached hydrogens (tertiary/aromatic N) is 2. The number of carbonyl (C=O) groups is 2. The minimum Gasteiger partial charge on any atom is -0.465 e. The first-order valence-corrected chi connectivity index (χ1v) is 10.2. The SMILES string of the molecule is COC(=O)c1cc(CNC(=O)c2ccccc2-c2ccc(Cn3cccn3)cc2)oc1C. The molecule has 1 N–H and O–H groups in total. The van der Waals surface area contributed by atoms with Crippen molar-refractivity contribution in [2.75, 3.05) is 7.11 Å². The Kier molecular flexibility index (Phi) is 6.17. The third-order valence-corrected chi connectivity index (χ3v) is 5.14. The number of ether oxygens (including phenoxy) is 1. The normalized spacial score (nSPS) is 10.7. The highest BCUT2D eigenvalue weighted by molar-refractivity contribution is 6.00. The summed E-state index contributed by atoms with van der Waals surface area (Å²) < 4.78 is 12.2. The maximum atomic E-state index is 12.9. The molecule has 7 heteroatoms. The Morgan fingerprint density at radius 2 is 1.84 bits per heavy atom. The lowest BCUT2D eigenvalue weighted by atomic mass is 9.98. The van der Waals surface area contributed by atoms with E-state index in [4.69, 9.17) is 9.15 Å². The largest absolute Gasteiger partial charge is 0.465 e. The van der Waals surface area contributed by atoms with E-state index in [-0.39, 0.29) is 12.5 Å². The molecular weight excluding hydrogens is 406 g/mol. The van der Waals surface area contributed by atoms with Crippen molar-refractivity contribution in [3.8, 4) is 11.1 Å². The van der Waals surface area contributed by atoms with Crippen LogP contribution in [-0.4, -0.2) is 28.8 Å². The molecular formula is C25H23N3O4. The molecule has 0 bridgehead atoms. The molecule has 162 valence electrons. The molecule has 7 nitrogen and oxygen atoms in total. The molecule has 0 spiro atoms. The van der Waals surface area contributed by atoms with Gasteiger partial charge in [-0.3, -0.25) is 9.48 Å². The van der Waals surface area contributed by atoms with E-state index in [1.165, 1.54) is 7.11 Å². The first kappa shape index (κ1) is 21.1. The first-order valence-electron chi connectivity index (χ1n) is 10.2. The fraction of sp³-hybridized carbons (Fsp3) is 0.160. The fourth-order valence-corrected chi connectivity index (χ4v) is 3.51. The smallest absolute Gasteiger partial charge is 0.341 e. The Balaban J connectivity index is 1.48. The van der Waals surface area contributed by atoms with Gasteiger partial charge in [-0.1, -0.05) is 42.5 Å². The molecule has 1 amide bonds. The number of carbonyl (C=O) groups excluding carboxylic acids is 2. The predicted molar refractivity (Wildman–Crippen MR) is 119 cm³/mol. The predicted octanol–water partition coefficient (Wildman–Crippen LogP) is 4.22. The summed E-state index contributed by atoms with van der Waals surface area (Å²) in [5.74, 6) is 0.244. The molecule has 0 unspecified atom stereocenters. The van der Waals surface area contributed by atoms with Crippen molar-refractivity contribution in [3.05, 3.63) is 101 Å². The van der Waals surface area contributed by atoms with Gasteiger partial charge in [-0.25, -0.2) is 4.79 Å². The molecule has 2 aromatic carbocycles. The highest BCUT2D eigenvalue weighted by Gasteiger charge is 2.17. The van der Waals surface area contributed by atoms with Crippen LogP contribution in [0, 0.1) is 6.92 Å². The third-order valence-electron chi connectivity index (χ3n) is 5.14. The topological polar surface area (TPSA) is 86.4 Å². The van der Waals surface area contributed by atoms with E-state index >= 15 is 0 Å². The zero-order valence-corrected chi connectivity index (χ0v) is 17.9. The monoisotopic (exact) mass is 429 g/mol. The molecule has 0 atom stereocenters. The van der Waals surface area contributed by atoms with Crippen molar-refractivity contribution in [2.24, 2.45) is 0 Å². The number of furan rings is 1. The summed E-state index contributed by atoms with van der Waals surface area (Å²) in [4.78, 5) is 24.7. The van der Waals surface area contributed by atoms with Crippen LogP contribution in [0.1, 0.15) is 37.8 Å². The van der Waals surface area contributed by atoms with Crippen LogP contribution >= 0.6 is 0 Å². The van der Waals surface area contributed by atoms with Crippen LogP contribution in [0.3, 0.4) is 0 Å². The van der Waals surface area contributed by atoms with Gasteiger partial charge in [-0.05, 0) is 41.8 Å². The number of nitrogens with one attached hydrogen (secondary N) is 1. The van der Waals surface area contributed by atoms with E-state index in [9.17, 15) is 9.59 Å². The standard InChI is InChI=1S/C25H23N3O4/c1-17-23(25(30)31-2)14-20(32-17)15-26-24(29)22-7-4-3-6-21(22)19-10-8-18(9-11-19)16-28-13-5-12-27-28/h3-14H,15-16H2,1-2H3,(H,26,29). The zero-order valence-electron chi connectivity index (χ0n) is 17.9. The van der Waals surface area contributed by atoms with Crippen molar-refractivity contribution in [2.45, 2.75) is 20.0 Å². The second-order valence-electron chi connectivity index (χ2n) is 7.30. The summed E-state index contributed by atoms with van der Waals surface area (Å²) in [5, 5.41) is 7.09. The summed E-state index contributed by atoms with van der Waals surface area (Å²) in [5.41, 5.74) is 3.81. The molecule has 0 aliphatic rings. The number of rotatable bonds is 7. The lowest BCUT2D eigenvalue weighted by Crippen LogP contribution is -2.23. The van der Waals surface area contributed by atoms with Gasteiger partial charge >= 0.3 is 5.97 Å². The molecule has 0 radical (unpaired) electrons. The second-order valence-corrected chi connectivity index (χ2v) is 7.30. The van der Waals surface area contributed by atoms with Crippen LogP contribution in [0.5, 0.6) is 0 Å². The fourth-order valence-electron chi connectivity index (χ4n) is 3.51. The van der Waals surface area contributed by atoms with Crippen LogP contribution in [0.2, 0.25) is 0 Å². The van der Waals surface area contributed by atoms with Gasteiger partial charge < -0.3 is 14.5 Å². The summed E-state index contributed by atoms with van der Waals surface area (Å²) in [7, 11) is 1.32. The van der Waals surface area contributed by atoms with E-state index in [1.54, 1.807) is 25.3 Å². The van der Waals surface area contributed by atoms with E-state index in [2.05, 4.69) is 10.4 Å². The van der Waals surface area contributed by atoms with E-state index in [0.29, 0.717) is 29.2 Å². The van der Waals surface area contributed by atoms with Gasteiger partial charge in [0.15, 0.2) is 0 Å². The van der Waals surface area contributed by atoms with Crippen LogP contribution < -0.4 is 5.32 Å². The number of aryl methyl sites for hydroxylation is 1. The third kappa shape index (κ3) is 4.62. The highest BCUT2D eigenvalue weighted by atomic mass is 16.5. The first-order chi connectivity index (χ1) is 15.5. The molecule has 2 heterocycles. The van der Waals surface area contributed by atoms with E-state index in [1.807, 2.05) is 59.4 Å². The summed E-state index contributed by atoms with van der Waals surface area (Å²) >= 11 is 0. The van der Waals surface area contributed by atoms with Crippen molar-refractivity contribution >= 4 is 11.9 Å². The van der Waals surface area contributed by atoms with Crippen molar-refractivity contribution in [3.63, 3.8) is 0 Å². The number of esters is 1. The minimum absolute atomic E-state index is 0.161. The average molecular weight is 429 g/mol. The Labute approximate surface area is 185 Å². The van der Waals surface area contributed by atoms with Gasteiger partial charge in [0.2, 0.25) is 0 Å². The van der Waals surface area contributed by atoms with Gasteiger partial charge in [-0.2, -0.15) is 5.10 Å². The molecule has 0 aliphatic carbocycles. The number of hydrogen-bond donors (Lipinski definition) is 1. The number of aromatic nitrogens is 2. The van der Waals surface area contributed by atoms with Gasteiger partial charge in [0, 0.05) is 18.0 Å². The Bertz CT molecular complexity index is 1220. The number of benzene rings is 2. The molecule has 4 rings (SSSR count). The van der Waals surface area contributed by atoms with Crippen LogP contribution in [-0.2, 0) is 17.8 Å². The van der Waals surface area contributed by atoms with Crippen LogP contribution in [0.15, 0.2) is 77.5 Å². The minimum atomic E-state index is -0.467. The van der Waals surface area contributed by atoms with Crippen molar-refractivity contribution < 1.29 is 18.7 Å². The summed E-state index contributed by atoms with van der Waals surface area (Å²) in [6.45, 7) is 2.53. The van der Waals surface area contributed by atoms with Crippen molar-refractivity contribution in [1.29, 1.82) is 0 Å². The molecule has 2 aromatic heterocycles. The van der Waals surface area contributed by atoms with Crippen molar-refractivity contribution in [1.82, 2.24) is 15.1 Å². The van der Waals surface area contributed by atoms with Crippen LogP contribution in [0.25, 0.3) is 11.1 Å². The number of hydrogen-bond acceptors (Lipinski definition) is 5. The molecule has 0 saturated heterocycles. The highest BCUT2D eigenvalue weighted by Crippen LogP contribution is 2.25. The Morgan fingerprint density at radius 1 is 1.06 bits per heavy atom. The average Bonchev–Trinajstić information content (AvgIpc) is 3.47. The van der Waals surface area contributed by atoms with Gasteiger partial charge in [0.1, 0.15) is 17.1 Å². The lowest BCUT2D eigenvalue weighted by Gasteiger charge is -2.11. The zero-order chi connectivity index (χ0) is 22.5. The number of methoxy groups -OCH3 is 1. The quantitative estimate of drug-likeness (QED) is 0.445. The second kappa shape index (κ2) is 9.34. The van der Waals surface area contributed by atoms with Gasteiger partial charge in [0.05, 0.1) is 20.2 Å². The van der Waals surface area contributed by atoms with E-state index < -0.39 is 5.97 Å². The maximum Gasteiger partial charge on any atom is 0.341 e. The summed E-state index contributed by atoms with van der Waals surface area (Å²) in [6, 6.07) is 19.0. The number of amides is 1. The molecule has 0 fully saturated rings. The lowest BCUT2D eigenvalue weighted by molar-refractivity contribution is 0.0598. The Hall–Kier alpha value is -4.13. The van der Waals surface area contributed by atoms with Crippen LogP contribution in [0.4, 0.5) is 0 Å². The van der Waals surface area contributed by atoms with E-state index in [0.717, 1.165) is 16.7 Å². The molecule has 4 aromatic rings. The van der Waals surface area contributed by atoms with Gasteiger partial charge in [-0.15, -0.1) is 0 Å². The summed E-state index contributed by atoms with van der Waals surface area (Å²) in [6.07, 6.45) is 3.67. The molecule has 0 saturated carbocycles. The Morgan fingerprint density at radius 3 is 2.56 bits per heavy atom. The molecule has 0 aliphatic heterocycles. The molecule has 32 heavy (non-hydrogen) atoms. The maximum absolute atomic E-state index is 12.9.